The number of carboxylic acids is 1. The van der Waals surface area contributed by atoms with E-state index in [1.165, 1.54) is 13.2 Å². The smallest absolute Gasteiger partial charge is 0.416 e. The Morgan fingerprint density at radius 2 is 1.81 bits per heavy atom. The highest BCUT2D eigenvalue weighted by Crippen LogP contribution is 2.35. The number of aliphatic carboxylic acids is 1. The SMILES string of the molecule is COc1cccc(-c2cn(Cc3c(F)cccc3C(F)(F)F)c(=O)n(C[C@@H](CC(C)C)NCCCC(=O)O)c2=O)c1Cl. The number of aromatic nitrogens is 2. The monoisotopic (exact) mass is 613 g/mol. The number of ether oxygens (including phenoxy) is 1. The molecule has 0 saturated heterocycles. The van der Waals surface area contributed by atoms with Crippen LogP contribution in [0.4, 0.5) is 17.6 Å². The van der Waals surface area contributed by atoms with Gasteiger partial charge in [0.15, 0.2) is 0 Å². The predicted octanol–water partition coefficient (Wildman–Crippen LogP) is 5.41. The summed E-state index contributed by atoms with van der Waals surface area (Å²) in [6.07, 6.45) is -3.10. The highest BCUT2D eigenvalue weighted by Gasteiger charge is 2.35. The molecule has 1 heterocycles. The molecule has 0 aliphatic heterocycles. The van der Waals surface area contributed by atoms with Crippen LogP contribution in [0.2, 0.25) is 5.02 Å². The van der Waals surface area contributed by atoms with Gasteiger partial charge in [-0.25, -0.2) is 9.18 Å². The van der Waals surface area contributed by atoms with Gasteiger partial charge in [0.1, 0.15) is 11.6 Å². The Labute approximate surface area is 244 Å². The number of benzene rings is 2. The van der Waals surface area contributed by atoms with Crippen molar-refractivity contribution in [2.24, 2.45) is 5.92 Å². The number of halogens is 5. The van der Waals surface area contributed by atoms with Gasteiger partial charge in [-0.1, -0.05) is 43.6 Å². The van der Waals surface area contributed by atoms with Gasteiger partial charge in [0.2, 0.25) is 0 Å². The summed E-state index contributed by atoms with van der Waals surface area (Å²) >= 11 is 6.49. The van der Waals surface area contributed by atoms with Gasteiger partial charge in [0, 0.05) is 36.3 Å². The topological polar surface area (TPSA) is 103 Å². The van der Waals surface area contributed by atoms with Crippen LogP contribution in [0.5, 0.6) is 5.75 Å². The molecule has 2 N–H and O–H groups in total. The van der Waals surface area contributed by atoms with Crippen molar-refractivity contribution >= 4 is 17.6 Å². The van der Waals surface area contributed by atoms with Crippen molar-refractivity contribution in [3.63, 3.8) is 0 Å². The molecule has 0 radical (unpaired) electrons. The van der Waals surface area contributed by atoms with Gasteiger partial charge < -0.3 is 15.2 Å². The van der Waals surface area contributed by atoms with E-state index in [4.69, 9.17) is 21.4 Å². The molecular weight excluding hydrogens is 582 g/mol. The first kappa shape index (κ1) is 32.9. The lowest BCUT2D eigenvalue weighted by Crippen LogP contribution is -2.46. The molecule has 0 unspecified atom stereocenters. The molecule has 0 aliphatic carbocycles. The Hall–Kier alpha value is -3.64. The van der Waals surface area contributed by atoms with Gasteiger partial charge in [0.05, 0.1) is 29.8 Å². The summed E-state index contributed by atoms with van der Waals surface area (Å²) in [5.74, 6) is -1.79. The second-order valence-electron chi connectivity index (χ2n) is 10.2. The van der Waals surface area contributed by atoms with Gasteiger partial charge in [-0.05, 0) is 43.5 Å². The van der Waals surface area contributed by atoms with Crippen LogP contribution >= 0.6 is 11.6 Å². The fourth-order valence-electron chi connectivity index (χ4n) is 4.70. The van der Waals surface area contributed by atoms with Crippen LogP contribution < -0.4 is 21.3 Å². The maximum atomic E-state index is 14.8. The Kier molecular flexibility index (Phi) is 11.0. The fourth-order valence-corrected chi connectivity index (χ4v) is 5.01. The zero-order chi connectivity index (χ0) is 31.2. The van der Waals surface area contributed by atoms with Gasteiger partial charge in [0.25, 0.3) is 5.56 Å². The highest BCUT2D eigenvalue weighted by atomic mass is 35.5. The standard InChI is InChI=1S/C29H32ClF4N3O5/c1-17(2)13-18(35-12-6-11-25(38)39)14-37-27(40)20(19-7-4-10-24(42-3)26(19)30)15-36(28(37)41)16-21-22(29(32,33)34)8-5-9-23(21)31/h4-5,7-10,15,17-18,35H,6,11-14,16H2,1-3H3,(H,38,39)/t18-/m1/s1. The van der Waals surface area contributed by atoms with E-state index >= 15 is 0 Å². The number of hydrogen-bond acceptors (Lipinski definition) is 5. The molecule has 0 spiro atoms. The van der Waals surface area contributed by atoms with Crippen LogP contribution in [0.25, 0.3) is 11.1 Å². The van der Waals surface area contributed by atoms with Crippen molar-refractivity contribution < 1.29 is 32.2 Å². The molecule has 1 atom stereocenters. The predicted molar refractivity (Wildman–Crippen MR) is 151 cm³/mol. The summed E-state index contributed by atoms with van der Waals surface area (Å²) in [6.45, 7) is 3.16. The number of hydrogen-bond donors (Lipinski definition) is 2. The molecule has 0 amide bonds. The Bertz CT molecular complexity index is 1540. The maximum Gasteiger partial charge on any atom is 0.416 e. The summed E-state index contributed by atoms with van der Waals surface area (Å²) in [5.41, 5.74) is -3.63. The Morgan fingerprint density at radius 3 is 2.43 bits per heavy atom. The van der Waals surface area contributed by atoms with Gasteiger partial charge in [-0.15, -0.1) is 0 Å². The number of carboxylic acid groups (broad SMARTS) is 1. The lowest BCUT2D eigenvalue weighted by Gasteiger charge is -2.23. The number of rotatable bonds is 13. The minimum Gasteiger partial charge on any atom is -0.495 e. The maximum absolute atomic E-state index is 14.8. The van der Waals surface area contributed by atoms with E-state index in [1.807, 2.05) is 13.8 Å². The number of methoxy groups -OCH3 is 1. The second kappa shape index (κ2) is 14.0. The van der Waals surface area contributed by atoms with Crippen LogP contribution in [0.3, 0.4) is 0 Å². The third-order valence-electron chi connectivity index (χ3n) is 6.62. The van der Waals surface area contributed by atoms with Crippen molar-refractivity contribution in [1.82, 2.24) is 14.5 Å². The molecule has 228 valence electrons. The molecule has 3 aromatic rings. The average Bonchev–Trinajstić information content (AvgIpc) is 2.90. The van der Waals surface area contributed by atoms with Gasteiger partial charge >= 0.3 is 17.8 Å². The van der Waals surface area contributed by atoms with Crippen LogP contribution in [0, 0.1) is 11.7 Å². The third kappa shape index (κ3) is 8.01. The molecule has 0 bridgehead atoms. The normalized spacial score (nSPS) is 12.5. The van der Waals surface area contributed by atoms with E-state index in [0.29, 0.717) is 12.8 Å². The number of carbonyl (C=O) groups is 1. The van der Waals surface area contributed by atoms with Gasteiger partial charge in [-0.3, -0.25) is 18.7 Å². The third-order valence-corrected chi connectivity index (χ3v) is 7.01. The lowest BCUT2D eigenvalue weighted by molar-refractivity contribution is -0.138. The van der Waals surface area contributed by atoms with Crippen LogP contribution in [0.15, 0.2) is 52.2 Å². The summed E-state index contributed by atoms with van der Waals surface area (Å²) < 4.78 is 63.0. The summed E-state index contributed by atoms with van der Waals surface area (Å²) in [4.78, 5) is 38.3. The fraction of sp³-hybridized carbons (Fsp3) is 0.414. The van der Waals surface area contributed by atoms with E-state index in [-0.39, 0.29) is 47.3 Å². The van der Waals surface area contributed by atoms with Crippen molar-refractivity contribution in [3.8, 4) is 16.9 Å². The van der Waals surface area contributed by atoms with Crippen molar-refractivity contribution in [1.29, 1.82) is 0 Å². The van der Waals surface area contributed by atoms with E-state index < -0.39 is 52.9 Å². The van der Waals surface area contributed by atoms with E-state index in [9.17, 15) is 31.9 Å². The first-order chi connectivity index (χ1) is 19.7. The minimum atomic E-state index is -4.89. The molecular formula is C29H32ClF4N3O5. The molecule has 13 heteroatoms. The summed E-state index contributed by atoms with van der Waals surface area (Å²) in [5, 5.41) is 12.2. The molecule has 8 nitrogen and oxygen atoms in total. The molecule has 42 heavy (non-hydrogen) atoms. The highest BCUT2D eigenvalue weighted by molar-refractivity contribution is 6.34. The molecule has 3 rings (SSSR count). The van der Waals surface area contributed by atoms with Crippen molar-refractivity contribution in [3.05, 3.63) is 85.4 Å². The second-order valence-corrected chi connectivity index (χ2v) is 10.6. The average molecular weight is 614 g/mol. The van der Waals surface area contributed by atoms with E-state index in [1.54, 1.807) is 12.1 Å². The van der Waals surface area contributed by atoms with Gasteiger partial charge in [-0.2, -0.15) is 13.2 Å². The van der Waals surface area contributed by atoms with Crippen LogP contribution in [-0.2, 0) is 24.1 Å². The number of alkyl halides is 3. The number of nitrogens with zero attached hydrogens (tertiary/aromatic N) is 2. The van der Waals surface area contributed by atoms with E-state index in [2.05, 4.69) is 5.32 Å². The number of nitrogens with one attached hydrogen (secondary N) is 1. The van der Waals surface area contributed by atoms with Crippen molar-refractivity contribution in [2.75, 3.05) is 13.7 Å². The van der Waals surface area contributed by atoms with E-state index in [0.717, 1.165) is 33.5 Å². The molecule has 1 aromatic heterocycles. The van der Waals surface area contributed by atoms with Crippen LogP contribution in [0.1, 0.15) is 44.2 Å². The lowest BCUT2D eigenvalue weighted by atomic mass is 10.0. The van der Waals surface area contributed by atoms with Crippen molar-refractivity contribution in [2.45, 2.75) is 58.4 Å². The molecule has 0 aliphatic rings. The first-order valence-corrected chi connectivity index (χ1v) is 13.6. The summed E-state index contributed by atoms with van der Waals surface area (Å²) in [6, 6.07) is 6.66. The Morgan fingerprint density at radius 1 is 1.12 bits per heavy atom. The molecule has 2 aromatic carbocycles. The van der Waals surface area contributed by atoms with Crippen LogP contribution in [-0.4, -0.2) is 39.9 Å². The largest absolute Gasteiger partial charge is 0.495 e. The zero-order valence-electron chi connectivity index (χ0n) is 23.3. The first-order valence-electron chi connectivity index (χ1n) is 13.2. The molecule has 0 fully saturated rings. The zero-order valence-corrected chi connectivity index (χ0v) is 24.1. The minimum absolute atomic E-state index is 0.0428. The molecule has 0 saturated carbocycles. The summed E-state index contributed by atoms with van der Waals surface area (Å²) in [7, 11) is 1.37. The quantitative estimate of drug-likeness (QED) is 0.197. The Balaban J connectivity index is 2.20.